The maximum absolute atomic E-state index is 13.5. The lowest BCUT2D eigenvalue weighted by Gasteiger charge is -2.35. The maximum atomic E-state index is 13.5. The first-order chi connectivity index (χ1) is 14.7. The van der Waals surface area contributed by atoms with E-state index in [0.29, 0.717) is 55.2 Å². The molecule has 2 aliphatic rings. The van der Waals surface area contributed by atoms with E-state index in [4.69, 9.17) is 0 Å². The van der Waals surface area contributed by atoms with E-state index in [1.807, 2.05) is 11.8 Å². The molecule has 164 valence electrons. The molecule has 1 amide bonds. The Morgan fingerprint density at radius 3 is 2.42 bits per heavy atom. The number of anilines is 1. The molecule has 0 bridgehead atoms. The number of hydrogen-bond acceptors (Lipinski definition) is 6. The molecule has 2 aromatic rings. The molecule has 1 fully saturated rings. The highest BCUT2D eigenvalue weighted by atomic mass is 19.4. The van der Waals surface area contributed by atoms with Crippen molar-refractivity contribution in [2.45, 2.75) is 19.1 Å². The van der Waals surface area contributed by atoms with Gasteiger partial charge in [0.1, 0.15) is 17.3 Å². The zero-order chi connectivity index (χ0) is 22.2. The second-order valence-corrected chi connectivity index (χ2v) is 7.48. The molecule has 1 N–H and O–H groups in total. The van der Waals surface area contributed by atoms with E-state index in [-0.39, 0.29) is 19.1 Å². The van der Waals surface area contributed by atoms with Gasteiger partial charge in [-0.15, -0.1) is 10.2 Å². The number of alkyl halides is 3. The van der Waals surface area contributed by atoms with Crippen LogP contribution in [-0.4, -0.2) is 65.6 Å². The molecule has 0 aliphatic carbocycles. The number of aliphatic imine (C=N–C) groups is 1. The van der Waals surface area contributed by atoms with Gasteiger partial charge in [-0.05, 0) is 37.3 Å². The Hall–Kier alpha value is -3.24. The monoisotopic (exact) mass is 436 g/mol. The minimum absolute atomic E-state index is 0.182. The van der Waals surface area contributed by atoms with E-state index in [2.05, 4.69) is 20.5 Å². The van der Waals surface area contributed by atoms with Crippen LogP contribution in [-0.2, 0) is 6.18 Å². The number of carbonyl (C=O) groups excluding carboxylic acids is 1. The molecule has 3 heterocycles. The lowest BCUT2D eigenvalue weighted by Crippen LogP contribution is -2.49. The van der Waals surface area contributed by atoms with Crippen molar-refractivity contribution in [3.63, 3.8) is 0 Å². The summed E-state index contributed by atoms with van der Waals surface area (Å²) in [4.78, 5) is 20.2. The van der Waals surface area contributed by atoms with Crippen LogP contribution in [0.25, 0.3) is 0 Å². The van der Waals surface area contributed by atoms with Gasteiger partial charge in [-0.25, -0.2) is 4.39 Å². The fraction of sp³-hybridized carbons (Fsp3) is 0.400. The predicted molar refractivity (Wildman–Crippen MR) is 106 cm³/mol. The van der Waals surface area contributed by atoms with E-state index < -0.39 is 29.0 Å². The van der Waals surface area contributed by atoms with Crippen LogP contribution in [0.2, 0.25) is 0 Å². The third-order valence-electron chi connectivity index (χ3n) is 5.21. The molecular weight excluding hydrogens is 416 g/mol. The number of rotatable bonds is 3. The maximum Gasteiger partial charge on any atom is 0.417 e. The average Bonchev–Trinajstić information content (AvgIpc) is 3.19. The zero-order valence-electron chi connectivity index (χ0n) is 16.7. The molecule has 1 aromatic carbocycles. The Labute approximate surface area is 175 Å². The number of benzene rings is 1. The summed E-state index contributed by atoms with van der Waals surface area (Å²) < 4.78 is 53.2. The minimum Gasteiger partial charge on any atom is -0.364 e. The quantitative estimate of drug-likeness (QED) is 0.748. The standard InChI is InChI=1S/C20H20F4N6O/c1-12-11-25-18(26-12)16-4-5-17(28-27-16)29-6-8-30(9-7-29)19(31)14-10-13(21)2-3-15(14)20(22,23)24/h2-5,10,12H,6-9,11H2,1H3,(H,25,26). The summed E-state index contributed by atoms with van der Waals surface area (Å²) in [5.74, 6) is -0.435. The smallest absolute Gasteiger partial charge is 0.364 e. The molecule has 1 aromatic heterocycles. The molecule has 2 aliphatic heterocycles. The molecule has 0 radical (unpaired) electrons. The lowest BCUT2D eigenvalue weighted by atomic mass is 10.0. The van der Waals surface area contributed by atoms with Gasteiger partial charge in [0.2, 0.25) is 0 Å². The van der Waals surface area contributed by atoms with E-state index in [0.717, 1.165) is 0 Å². The van der Waals surface area contributed by atoms with E-state index >= 15 is 0 Å². The number of amidine groups is 1. The fourth-order valence-electron chi connectivity index (χ4n) is 3.58. The number of carbonyl (C=O) groups is 1. The Morgan fingerprint density at radius 1 is 1.10 bits per heavy atom. The average molecular weight is 436 g/mol. The lowest BCUT2D eigenvalue weighted by molar-refractivity contribution is -0.138. The SMILES string of the molecule is CC1CN=C(c2ccc(N3CCN(C(=O)c4cc(F)ccc4C(F)(F)F)CC3)nn2)N1. The van der Waals surface area contributed by atoms with Gasteiger partial charge in [0.15, 0.2) is 5.82 Å². The Morgan fingerprint density at radius 2 is 1.84 bits per heavy atom. The van der Waals surface area contributed by atoms with Gasteiger partial charge in [-0.1, -0.05) is 0 Å². The van der Waals surface area contributed by atoms with Crippen LogP contribution in [0.4, 0.5) is 23.4 Å². The number of amides is 1. The summed E-state index contributed by atoms with van der Waals surface area (Å²) in [7, 11) is 0. The van der Waals surface area contributed by atoms with E-state index in [1.54, 1.807) is 12.1 Å². The molecule has 1 atom stereocenters. The van der Waals surface area contributed by atoms with Crippen LogP contribution < -0.4 is 10.2 Å². The third kappa shape index (κ3) is 4.44. The van der Waals surface area contributed by atoms with Crippen LogP contribution in [0.15, 0.2) is 35.3 Å². The van der Waals surface area contributed by atoms with Crippen molar-refractivity contribution >= 4 is 17.6 Å². The molecule has 4 rings (SSSR count). The Balaban J connectivity index is 1.42. The summed E-state index contributed by atoms with van der Waals surface area (Å²) in [5, 5.41) is 11.6. The molecule has 0 spiro atoms. The van der Waals surface area contributed by atoms with Crippen molar-refractivity contribution in [1.82, 2.24) is 20.4 Å². The third-order valence-corrected chi connectivity index (χ3v) is 5.21. The van der Waals surface area contributed by atoms with E-state index in [1.165, 1.54) is 4.90 Å². The molecule has 31 heavy (non-hydrogen) atoms. The van der Waals surface area contributed by atoms with Crippen molar-refractivity contribution in [3.05, 3.63) is 53.0 Å². The van der Waals surface area contributed by atoms with Crippen molar-refractivity contribution in [3.8, 4) is 0 Å². The minimum atomic E-state index is -4.74. The van der Waals surface area contributed by atoms with Crippen molar-refractivity contribution < 1.29 is 22.4 Å². The topological polar surface area (TPSA) is 73.7 Å². The number of piperazine rings is 1. The molecule has 1 saturated heterocycles. The first kappa shape index (κ1) is 21.0. The number of aromatic nitrogens is 2. The highest BCUT2D eigenvalue weighted by molar-refractivity contribution is 5.98. The number of nitrogens with one attached hydrogen (secondary N) is 1. The van der Waals surface area contributed by atoms with Crippen LogP contribution in [0, 0.1) is 5.82 Å². The second kappa shape index (κ2) is 8.12. The summed E-state index contributed by atoms with van der Waals surface area (Å²) in [6.45, 7) is 3.79. The van der Waals surface area contributed by atoms with Crippen molar-refractivity contribution in [2.75, 3.05) is 37.6 Å². The van der Waals surface area contributed by atoms with Gasteiger partial charge in [0.25, 0.3) is 5.91 Å². The van der Waals surface area contributed by atoms with Crippen LogP contribution >= 0.6 is 0 Å². The Kier molecular flexibility index (Phi) is 5.50. The van der Waals surface area contributed by atoms with Crippen LogP contribution in [0.3, 0.4) is 0 Å². The summed E-state index contributed by atoms with van der Waals surface area (Å²) in [5.41, 5.74) is -1.18. The van der Waals surface area contributed by atoms with Gasteiger partial charge in [0.05, 0.1) is 17.7 Å². The first-order valence-corrected chi connectivity index (χ1v) is 9.78. The van der Waals surface area contributed by atoms with Crippen molar-refractivity contribution in [2.24, 2.45) is 4.99 Å². The fourth-order valence-corrected chi connectivity index (χ4v) is 3.58. The zero-order valence-corrected chi connectivity index (χ0v) is 16.7. The van der Waals surface area contributed by atoms with E-state index in [9.17, 15) is 22.4 Å². The number of nitrogens with zero attached hydrogens (tertiary/aromatic N) is 5. The summed E-state index contributed by atoms with van der Waals surface area (Å²) in [6.07, 6.45) is -4.74. The Bertz CT molecular complexity index is 1000. The van der Waals surface area contributed by atoms with Crippen LogP contribution in [0.5, 0.6) is 0 Å². The van der Waals surface area contributed by atoms with Gasteiger partial charge in [-0.2, -0.15) is 13.2 Å². The number of hydrogen-bond donors (Lipinski definition) is 1. The molecule has 11 heteroatoms. The highest BCUT2D eigenvalue weighted by Gasteiger charge is 2.37. The van der Waals surface area contributed by atoms with Gasteiger partial charge < -0.3 is 15.1 Å². The summed E-state index contributed by atoms with van der Waals surface area (Å²) in [6, 6.07) is 5.78. The molecule has 0 saturated carbocycles. The second-order valence-electron chi connectivity index (χ2n) is 7.48. The van der Waals surface area contributed by atoms with Crippen molar-refractivity contribution in [1.29, 1.82) is 0 Å². The van der Waals surface area contributed by atoms with Gasteiger partial charge in [0, 0.05) is 32.2 Å². The molecule has 1 unspecified atom stereocenters. The van der Waals surface area contributed by atoms with Gasteiger partial charge >= 0.3 is 6.18 Å². The first-order valence-electron chi connectivity index (χ1n) is 9.78. The predicted octanol–water partition coefficient (Wildman–Crippen LogP) is 2.34. The normalized spacial score (nSPS) is 19.3. The highest BCUT2D eigenvalue weighted by Crippen LogP contribution is 2.33. The summed E-state index contributed by atoms with van der Waals surface area (Å²) >= 11 is 0. The largest absolute Gasteiger partial charge is 0.417 e. The molecule has 7 nitrogen and oxygen atoms in total. The number of halogens is 4. The van der Waals surface area contributed by atoms with Gasteiger partial charge in [-0.3, -0.25) is 9.79 Å². The van der Waals surface area contributed by atoms with Crippen LogP contribution in [0.1, 0.15) is 28.5 Å². The molecular formula is C20H20F4N6O.